The molecule has 1 saturated carbocycles. The van der Waals surface area contributed by atoms with Crippen molar-refractivity contribution in [2.45, 2.75) is 57.7 Å². The number of benzene rings is 2. The summed E-state index contributed by atoms with van der Waals surface area (Å²) in [5.41, 5.74) is 1.25. The lowest BCUT2D eigenvalue weighted by atomic mass is 9.77. The molecule has 0 radical (unpaired) electrons. The minimum absolute atomic E-state index is 0.154. The van der Waals surface area contributed by atoms with E-state index >= 15 is 0 Å². The van der Waals surface area contributed by atoms with Crippen LogP contribution in [0.5, 0.6) is 5.75 Å². The van der Waals surface area contributed by atoms with E-state index in [9.17, 15) is 22.0 Å². The van der Waals surface area contributed by atoms with Gasteiger partial charge in [-0.15, -0.1) is 13.2 Å². The minimum Gasteiger partial charge on any atom is -0.403 e. The van der Waals surface area contributed by atoms with Crippen LogP contribution in [0.3, 0.4) is 0 Å². The zero-order valence-electron chi connectivity index (χ0n) is 15.7. The van der Waals surface area contributed by atoms with Crippen molar-refractivity contribution in [2.24, 2.45) is 5.92 Å². The smallest absolute Gasteiger partial charge is 0.403 e. The summed E-state index contributed by atoms with van der Waals surface area (Å²) in [7, 11) is 0. The molecule has 1 fully saturated rings. The Hall–Kier alpha value is -2.11. The molecular formula is C22H23F5O. The number of rotatable bonds is 5. The van der Waals surface area contributed by atoms with E-state index in [1.807, 2.05) is 6.07 Å². The topological polar surface area (TPSA) is 9.23 Å². The van der Waals surface area contributed by atoms with Gasteiger partial charge >= 0.3 is 6.36 Å². The van der Waals surface area contributed by atoms with Crippen molar-refractivity contribution < 1.29 is 26.7 Å². The van der Waals surface area contributed by atoms with E-state index in [-0.39, 0.29) is 11.1 Å². The Morgan fingerprint density at radius 3 is 2.21 bits per heavy atom. The third-order valence-corrected chi connectivity index (χ3v) is 5.48. The molecule has 0 amide bonds. The van der Waals surface area contributed by atoms with Gasteiger partial charge in [-0.2, -0.15) is 0 Å². The zero-order chi connectivity index (χ0) is 20.3. The van der Waals surface area contributed by atoms with Crippen molar-refractivity contribution in [1.82, 2.24) is 0 Å². The zero-order valence-corrected chi connectivity index (χ0v) is 15.7. The fourth-order valence-electron chi connectivity index (χ4n) is 4.09. The van der Waals surface area contributed by atoms with Crippen LogP contribution in [0, 0.1) is 17.6 Å². The predicted octanol–water partition coefficient (Wildman–Crippen LogP) is 7.60. The Labute approximate surface area is 161 Å². The Kier molecular flexibility index (Phi) is 6.26. The van der Waals surface area contributed by atoms with Crippen molar-refractivity contribution in [3.05, 3.63) is 53.6 Å². The molecule has 0 unspecified atom stereocenters. The maximum Gasteiger partial charge on any atom is 0.573 e. The highest BCUT2D eigenvalue weighted by atomic mass is 19.4. The number of hydrogen-bond donors (Lipinski definition) is 0. The molecule has 0 aliphatic heterocycles. The van der Waals surface area contributed by atoms with Gasteiger partial charge in [-0.25, -0.2) is 8.78 Å². The van der Waals surface area contributed by atoms with Gasteiger partial charge in [0.1, 0.15) is 5.82 Å². The monoisotopic (exact) mass is 398 g/mol. The summed E-state index contributed by atoms with van der Waals surface area (Å²) in [6, 6.07) is 7.81. The van der Waals surface area contributed by atoms with E-state index in [1.165, 1.54) is 25.0 Å². The summed E-state index contributed by atoms with van der Waals surface area (Å²) >= 11 is 0. The van der Waals surface area contributed by atoms with E-state index < -0.39 is 23.7 Å². The average Bonchev–Trinajstić information content (AvgIpc) is 2.63. The first-order valence-electron chi connectivity index (χ1n) is 9.62. The molecule has 2 aromatic rings. The van der Waals surface area contributed by atoms with Crippen LogP contribution in [0.4, 0.5) is 22.0 Å². The molecule has 0 bridgehead atoms. The summed E-state index contributed by atoms with van der Waals surface area (Å²) in [6.45, 7) is 2.19. The normalized spacial score (nSPS) is 20.2. The number of alkyl halides is 3. The van der Waals surface area contributed by atoms with Gasteiger partial charge in [-0.3, -0.25) is 0 Å². The van der Waals surface area contributed by atoms with Crippen molar-refractivity contribution in [3.8, 4) is 16.9 Å². The molecule has 152 valence electrons. The van der Waals surface area contributed by atoms with Crippen LogP contribution < -0.4 is 4.74 Å². The number of ether oxygens (including phenoxy) is 1. The second kappa shape index (κ2) is 8.50. The van der Waals surface area contributed by atoms with Crippen molar-refractivity contribution >= 4 is 0 Å². The summed E-state index contributed by atoms with van der Waals surface area (Å²) in [5.74, 6) is -1.55. The summed E-state index contributed by atoms with van der Waals surface area (Å²) in [5, 5.41) is 0. The molecule has 0 saturated heterocycles. The average molecular weight is 398 g/mol. The Morgan fingerprint density at radius 1 is 0.929 bits per heavy atom. The molecule has 0 atom stereocenters. The third kappa shape index (κ3) is 5.03. The Bertz CT molecular complexity index is 807. The van der Waals surface area contributed by atoms with Crippen LogP contribution in [0.2, 0.25) is 0 Å². The first-order valence-corrected chi connectivity index (χ1v) is 9.62. The van der Waals surface area contributed by atoms with E-state index in [0.717, 1.165) is 49.3 Å². The van der Waals surface area contributed by atoms with E-state index in [2.05, 4.69) is 11.7 Å². The largest absolute Gasteiger partial charge is 0.573 e. The van der Waals surface area contributed by atoms with Gasteiger partial charge in [0.05, 0.1) is 0 Å². The molecule has 6 heteroatoms. The van der Waals surface area contributed by atoms with Gasteiger partial charge in [-0.05, 0) is 66.8 Å². The molecule has 1 nitrogen and oxygen atoms in total. The Morgan fingerprint density at radius 2 is 1.64 bits per heavy atom. The second-order valence-corrected chi connectivity index (χ2v) is 7.44. The van der Waals surface area contributed by atoms with E-state index in [1.54, 1.807) is 6.07 Å². The lowest BCUT2D eigenvalue weighted by Gasteiger charge is -2.28. The van der Waals surface area contributed by atoms with Crippen LogP contribution in [0.1, 0.15) is 56.9 Å². The standard InChI is InChI=1S/C22H23F5O/c1-2-3-14-4-6-15(7-5-14)16-8-10-18(19(23)12-16)17-9-11-21(20(24)13-17)28-22(25,26)27/h8-15H,2-7H2,1H3. The molecule has 2 aromatic carbocycles. The SMILES string of the molecule is CCCC1CCC(c2ccc(-c3ccc(OC(F)(F)F)c(F)c3)c(F)c2)CC1. The molecule has 0 heterocycles. The number of halogens is 5. The molecule has 1 aliphatic rings. The third-order valence-electron chi connectivity index (χ3n) is 5.48. The van der Waals surface area contributed by atoms with Gasteiger partial charge in [0, 0.05) is 5.56 Å². The van der Waals surface area contributed by atoms with Gasteiger partial charge < -0.3 is 4.74 Å². The van der Waals surface area contributed by atoms with Gasteiger partial charge in [0.2, 0.25) is 0 Å². The lowest BCUT2D eigenvalue weighted by Crippen LogP contribution is -2.17. The summed E-state index contributed by atoms with van der Waals surface area (Å²) in [4.78, 5) is 0. The molecular weight excluding hydrogens is 375 g/mol. The molecule has 0 N–H and O–H groups in total. The maximum atomic E-state index is 14.7. The van der Waals surface area contributed by atoms with Crippen LogP contribution in [-0.2, 0) is 0 Å². The maximum absolute atomic E-state index is 14.7. The highest BCUT2D eigenvalue weighted by Gasteiger charge is 2.32. The number of hydrogen-bond acceptors (Lipinski definition) is 1. The molecule has 0 spiro atoms. The lowest BCUT2D eigenvalue weighted by molar-refractivity contribution is -0.275. The molecule has 28 heavy (non-hydrogen) atoms. The van der Waals surface area contributed by atoms with Crippen LogP contribution in [0.25, 0.3) is 11.1 Å². The van der Waals surface area contributed by atoms with Gasteiger partial charge in [0.25, 0.3) is 0 Å². The molecule has 3 rings (SSSR count). The van der Waals surface area contributed by atoms with Crippen LogP contribution >= 0.6 is 0 Å². The first-order chi connectivity index (χ1) is 13.3. The molecule has 0 aromatic heterocycles. The molecule has 1 aliphatic carbocycles. The second-order valence-electron chi connectivity index (χ2n) is 7.44. The quantitative estimate of drug-likeness (QED) is 0.471. The van der Waals surface area contributed by atoms with Gasteiger partial charge in [0.15, 0.2) is 11.6 Å². The van der Waals surface area contributed by atoms with Crippen LogP contribution in [-0.4, -0.2) is 6.36 Å². The van der Waals surface area contributed by atoms with Crippen molar-refractivity contribution in [3.63, 3.8) is 0 Å². The predicted molar refractivity (Wildman–Crippen MR) is 98.1 cm³/mol. The minimum atomic E-state index is -4.98. The summed E-state index contributed by atoms with van der Waals surface area (Å²) < 4.78 is 68.9. The fraction of sp³-hybridized carbons (Fsp3) is 0.455. The highest BCUT2D eigenvalue weighted by molar-refractivity contribution is 5.65. The van der Waals surface area contributed by atoms with Crippen molar-refractivity contribution in [1.29, 1.82) is 0 Å². The van der Waals surface area contributed by atoms with Crippen molar-refractivity contribution in [2.75, 3.05) is 0 Å². The first kappa shape index (κ1) is 20.6. The van der Waals surface area contributed by atoms with Gasteiger partial charge in [-0.1, -0.05) is 38.0 Å². The van der Waals surface area contributed by atoms with Crippen LogP contribution in [0.15, 0.2) is 36.4 Å². The Balaban J connectivity index is 1.75. The van der Waals surface area contributed by atoms with E-state index in [0.29, 0.717) is 5.92 Å². The highest BCUT2D eigenvalue weighted by Crippen LogP contribution is 2.39. The fourth-order valence-corrected chi connectivity index (χ4v) is 4.09. The summed E-state index contributed by atoms with van der Waals surface area (Å²) in [6.07, 6.45) is 1.79. The van der Waals surface area contributed by atoms with E-state index in [4.69, 9.17) is 0 Å².